The number of carboxylic acid groups (broad SMARTS) is 1. The first-order chi connectivity index (χ1) is 10.6. The molecule has 0 spiro atoms. The number of aliphatic carboxylic acids is 1. The van der Waals surface area contributed by atoms with Gasteiger partial charge in [-0.1, -0.05) is 0 Å². The van der Waals surface area contributed by atoms with Gasteiger partial charge in [-0.15, -0.1) is 0 Å². The highest BCUT2D eigenvalue weighted by Gasteiger charge is 2.24. The van der Waals surface area contributed by atoms with Crippen molar-refractivity contribution in [2.75, 3.05) is 19.6 Å². The van der Waals surface area contributed by atoms with Gasteiger partial charge in [-0.3, -0.25) is 4.79 Å². The van der Waals surface area contributed by atoms with Crippen LogP contribution in [0.25, 0.3) is 0 Å². The molecule has 0 aliphatic carbocycles. The van der Waals surface area contributed by atoms with Crippen LogP contribution in [-0.2, 0) is 4.79 Å². The highest BCUT2D eigenvalue weighted by Crippen LogP contribution is 2.19. The second-order valence-electron chi connectivity index (χ2n) is 4.97. The Morgan fingerprint density at radius 3 is 2.82 bits per heavy atom. The third kappa shape index (κ3) is 4.57. The first-order valence-electron chi connectivity index (χ1n) is 7.08. The zero-order valence-electron chi connectivity index (χ0n) is 12.0. The van der Waals surface area contributed by atoms with Gasteiger partial charge in [-0.2, -0.15) is 0 Å². The number of piperidine rings is 1. The summed E-state index contributed by atoms with van der Waals surface area (Å²) in [5.41, 5.74) is 0. The van der Waals surface area contributed by atoms with Gasteiger partial charge in [-0.05, 0) is 12.1 Å². The molecule has 1 aromatic rings. The van der Waals surface area contributed by atoms with Crippen LogP contribution < -0.4 is 10.1 Å². The molecule has 1 aromatic heterocycles. The summed E-state index contributed by atoms with van der Waals surface area (Å²) in [6.07, 6.45) is 2.31. The van der Waals surface area contributed by atoms with Crippen LogP contribution >= 0.6 is 0 Å². The molecule has 2 heterocycles. The normalized spacial score (nSPS) is 15.4. The maximum Gasteiger partial charge on any atom is 0.317 e. The summed E-state index contributed by atoms with van der Waals surface area (Å²) in [5, 5.41) is 11.1. The van der Waals surface area contributed by atoms with E-state index in [-0.39, 0.29) is 31.0 Å². The molecule has 0 bridgehead atoms. The molecule has 22 heavy (non-hydrogen) atoms. The fourth-order valence-corrected chi connectivity index (χ4v) is 2.18. The number of halogens is 1. The molecular weight excluding hydrogens is 293 g/mol. The summed E-state index contributed by atoms with van der Waals surface area (Å²) < 4.78 is 18.9. The maximum atomic E-state index is 13.4. The van der Waals surface area contributed by atoms with Gasteiger partial charge in [0.05, 0.1) is 6.42 Å². The van der Waals surface area contributed by atoms with Crippen molar-refractivity contribution in [2.24, 2.45) is 0 Å². The van der Waals surface area contributed by atoms with Gasteiger partial charge in [0.25, 0.3) is 5.88 Å². The van der Waals surface area contributed by atoms with Crippen LogP contribution in [0.3, 0.4) is 0 Å². The highest BCUT2D eigenvalue weighted by molar-refractivity contribution is 5.75. The number of rotatable bonds is 5. The molecule has 2 amide bonds. The third-order valence-corrected chi connectivity index (χ3v) is 3.35. The number of nitrogens with zero attached hydrogens (tertiary/aromatic N) is 2. The predicted molar refractivity (Wildman–Crippen MR) is 75.1 cm³/mol. The standard InChI is InChI=1S/C14H18FN3O4/c15-11-2-1-6-16-13(11)22-10-4-8-18(9-5-10)14(21)17-7-3-12(19)20/h1-2,6,10H,3-5,7-9H2,(H,17,21)(H,19,20). The van der Waals surface area contributed by atoms with E-state index in [1.54, 1.807) is 4.90 Å². The van der Waals surface area contributed by atoms with Gasteiger partial charge in [0.1, 0.15) is 6.10 Å². The van der Waals surface area contributed by atoms with Gasteiger partial charge in [-0.25, -0.2) is 14.2 Å². The second kappa shape index (κ2) is 7.58. The van der Waals surface area contributed by atoms with Crippen molar-refractivity contribution in [2.45, 2.75) is 25.4 Å². The van der Waals surface area contributed by atoms with Gasteiger partial charge >= 0.3 is 12.0 Å². The molecule has 0 unspecified atom stereocenters. The molecule has 2 N–H and O–H groups in total. The summed E-state index contributed by atoms with van der Waals surface area (Å²) in [6.45, 7) is 1.04. The number of urea groups is 1. The van der Waals surface area contributed by atoms with Crippen molar-refractivity contribution < 1.29 is 23.8 Å². The zero-order chi connectivity index (χ0) is 15.9. The average molecular weight is 311 g/mol. The Labute approximate surface area is 127 Å². The summed E-state index contributed by atoms with van der Waals surface area (Å²) in [6, 6.07) is 2.49. The van der Waals surface area contributed by atoms with Gasteiger partial charge in [0.2, 0.25) is 0 Å². The average Bonchev–Trinajstić information content (AvgIpc) is 2.50. The Morgan fingerprint density at radius 2 is 2.18 bits per heavy atom. The van der Waals surface area contributed by atoms with Crippen LogP contribution in [0.5, 0.6) is 5.88 Å². The van der Waals surface area contributed by atoms with Crippen LogP contribution in [0, 0.1) is 5.82 Å². The smallest absolute Gasteiger partial charge is 0.317 e. The molecule has 0 atom stereocenters. The Balaban J connectivity index is 1.74. The molecule has 1 saturated heterocycles. The number of carbonyl (C=O) groups excluding carboxylic acids is 1. The van der Waals surface area contributed by atoms with E-state index in [0.29, 0.717) is 25.9 Å². The van der Waals surface area contributed by atoms with Crippen molar-refractivity contribution in [3.8, 4) is 5.88 Å². The third-order valence-electron chi connectivity index (χ3n) is 3.35. The summed E-state index contributed by atoms with van der Waals surface area (Å²) in [5.74, 6) is -1.48. The number of carboxylic acids is 1. The van der Waals surface area contributed by atoms with Gasteiger partial charge in [0.15, 0.2) is 5.82 Å². The lowest BCUT2D eigenvalue weighted by atomic mass is 10.1. The van der Waals surface area contributed by atoms with E-state index >= 15 is 0 Å². The summed E-state index contributed by atoms with van der Waals surface area (Å²) in [7, 11) is 0. The van der Waals surface area contributed by atoms with E-state index < -0.39 is 11.8 Å². The van der Waals surface area contributed by atoms with Gasteiger partial charge < -0.3 is 20.1 Å². The minimum Gasteiger partial charge on any atom is -0.481 e. The number of nitrogens with one attached hydrogen (secondary N) is 1. The van der Waals surface area contributed by atoms with Crippen molar-refractivity contribution in [3.63, 3.8) is 0 Å². The highest BCUT2D eigenvalue weighted by atomic mass is 19.1. The minimum absolute atomic E-state index is 0.0214. The zero-order valence-corrected chi connectivity index (χ0v) is 12.0. The van der Waals surface area contributed by atoms with Crippen molar-refractivity contribution in [1.82, 2.24) is 15.2 Å². The molecule has 1 aliphatic heterocycles. The van der Waals surface area contributed by atoms with E-state index in [4.69, 9.17) is 9.84 Å². The summed E-state index contributed by atoms with van der Waals surface area (Å²) >= 11 is 0. The van der Waals surface area contributed by atoms with E-state index in [9.17, 15) is 14.0 Å². The molecule has 1 fully saturated rings. The SMILES string of the molecule is O=C(O)CCNC(=O)N1CCC(Oc2ncccc2F)CC1. The van der Waals surface area contributed by atoms with Crippen LogP contribution in [0.2, 0.25) is 0 Å². The van der Waals surface area contributed by atoms with Crippen LogP contribution in [0.15, 0.2) is 18.3 Å². The first-order valence-corrected chi connectivity index (χ1v) is 7.08. The van der Waals surface area contributed by atoms with Crippen molar-refractivity contribution in [1.29, 1.82) is 0 Å². The number of amides is 2. The lowest BCUT2D eigenvalue weighted by Gasteiger charge is -2.31. The lowest BCUT2D eigenvalue weighted by Crippen LogP contribution is -2.46. The number of likely N-dealkylation sites (tertiary alicyclic amines) is 1. The Bertz CT molecular complexity index is 533. The van der Waals surface area contributed by atoms with E-state index in [1.165, 1.54) is 18.3 Å². The van der Waals surface area contributed by atoms with Crippen LogP contribution in [0.1, 0.15) is 19.3 Å². The van der Waals surface area contributed by atoms with E-state index in [2.05, 4.69) is 10.3 Å². The second-order valence-corrected chi connectivity index (χ2v) is 4.97. The Morgan fingerprint density at radius 1 is 1.45 bits per heavy atom. The quantitative estimate of drug-likeness (QED) is 0.854. The molecule has 120 valence electrons. The largest absolute Gasteiger partial charge is 0.481 e. The number of pyridine rings is 1. The Hall–Kier alpha value is -2.38. The number of hydrogen-bond donors (Lipinski definition) is 2. The minimum atomic E-state index is -0.954. The number of carbonyl (C=O) groups is 2. The molecule has 8 heteroatoms. The topological polar surface area (TPSA) is 91.8 Å². The number of aromatic nitrogens is 1. The molecule has 1 aliphatic rings. The van der Waals surface area contributed by atoms with Crippen molar-refractivity contribution >= 4 is 12.0 Å². The fraction of sp³-hybridized carbons (Fsp3) is 0.500. The predicted octanol–water partition coefficient (Wildman–Crippen LogP) is 1.25. The lowest BCUT2D eigenvalue weighted by molar-refractivity contribution is -0.136. The molecule has 7 nitrogen and oxygen atoms in total. The van der Waals surface area contributed by atoms with Crippen LogP contribution in [-0.4, -0.2) is 52.7 Å². The molecule has 2 rings (SSSR count). The monoisotopic (exact) mass is 311 g/mol. The first kappa shape index (κ1) is 16.0. The van der Waals surface area contributed by atoms with Gasteiger partial charge in [0, 0.05) is 38.7 Å². The molecular formula is C14H18FN3O4. The molecule has 0 radical (unpaired) electrons. The van der Waals surface area contributed by atoms with Crippen molar-refractivity contribution in [3.05, 3.63) is 24.1 Å². The number of hydrogen-bond acceptors (Lipinski definition) is 4. The number of ether oxygens (including phenoxy) is 1. The maximum absolute atomic E-state index is 13.4. The summed E-state index contributed by atoms with van der Waals surface area (Å²) in [4.78, 5) is 27.6. The molecule has 0 aromatic carbocycles. The Kier molecular flexibility index (Phi) is 5.51. The van der Waals surface area contributed by atoms with Crippen LogP contribution in [0.4, 0.5) is 9.18 Å². The molecule has 0 saturated carbocycles. The van der Waals surface area contributed by atoms with E-state index in [0.717, 1.165) is 0 Å². The fourth-order valence-electron chi connectivity index (χ4n) is 2.18. The van der Waals surface area contributed by atoms with E-state index in [1.807, 2.05) is 0 Å².